The van der Waals surface area contributed by atoms with Crippen molar-refractivity contribution in [3.05, 3.63) is 35.2 Å². The zero-order valence-corrected chi connectivity index (χ0v) is 14.4. The molecule has 4 rings (SSSR count). The van der Waals surface area contributed by atoms with Crippen molar-refractivity contribution in [2.75, 3.05) is 13.7 Å². The lowest BCUT2D eigenvalue weighted by atomic mass is 10.1. The third-order valence-electron chi connectivity index (χ3n) is 5.27. The van der Waals surface area contributed by atoms with E-state index in [4.69, 9.17) is 4.74 Å². The maximum absolute atomic E-state index is 13.2. The molecule has 24 heavy (non-hydrogen) atoms. The molecule has 0 radical (unpaired) electrons. The number of nitrogens with zero attached hydrogens (tertiary/aromatic N) is 5. The molecular formula is C17H23N5O2. The number of hydrogen-bond acceptors (Lipinski definition) is 4. The number of hydrogen-bond donors (Lipinski definition) is 0. The van der Waals surface area contributed by atoms with Crippen molar-refractivity contribution in [1.82, 2.24) is 24.2 Å². The molecule has 7 heteroatoms. The second kappa shape index (κ2) is 5.73. The number of aromatic nitrogens is 4. The minimum atomic E-state index is -0.0731. The first-order chi connectivity index (χ1) is 11.6. The summed E-state index contributed by atoms with van der Waals surface area (Å²) in [7, 11) is 3.62. The molecule has 0 bridgehead atoms. The van der Waals surface area contributed by atoms with E-state index in [1.54, 1.807) is 7.11 Å². The summed E-state index contributed by atoms with van der Waals surface area (Å²) >= 11 is 0. The fraction of sp³-hybridized carbons (Fsp3) is 0.588. The fourth-order valence-electron chi connectivity index (χ4n) is 3.97. The summed E-state index contributed by atoms with van der Waals surface area (Å²) in [4.78, 5) is 15.1. The molecule has 1 amide bonds. The molecule has 0 unspecified atom stereocenters. The third-order valence-corrected chi connectivity index (χ3v) is 5.27. The Morgan fingerprint density at radius 3 is 2.92 bits per heavy atom. The smallest absolute Gasteiger partial charge is 0.271 e. The lowest BCUT2D eigenvalue weighted by molar-refractivity contribution is 0.0672. The van der Waals surface area contributed by atoms with Gasteiger partial charge < -0.3 is 18.8 Å². The lowest BCUT2D eigenvalue weighted by Crippen LogP contribution is -2.34. The first kappa shape index (κ1) is 15.4. The van der Waals surface area contributed by atoms with Gasteiger partial charge in [0.15, 0.2) is 5.82 Å². The summed E-state index contributed by atoms with van der Waals surface area (Å²) < 4.78 is 9.63. The summed E-state index contributed by atoms with van der Waals surface area (Å²) in [6.45, 7) is 3.50. The standard InChI is InChI=1S/C17H23N5O2/c1-11-6-8-20(2)15(11)17(23)22-10-12(24-3)9-13(22)16-19-18-14-5-4-7-21(14)16/h6,8,12-13H,4-5,7,9-10H2,1-3H3/t12-,13+/m1/s1. The van der Waals surface area contributed by atoms with Crippen molar-refractivity contribution in [2.45, 2.75) is 44.9 Å². The number of carbonyl (C=O) groups excluding carboxylic acids is 1. The first-order valence-corrected chi connectivity index (χ1v) is 8.47. The average Bonchev–Trinajstić information content (AvgIpc) is 3.30. The van der Waals surface area contributed by atoms with Gasteiger partial charge in [0.05, 0.1) is 12.1 Å². The third kappa shape index (κ3) is 2.26. The molecule has 0 aromatic carbocycles. The zero-order valence-electron chi connectivity index (χ0n) is 14.4. The van der Waals surface area contributed by atoms with Gasteiger partial charge in [0.2, 0.25) is 0 Å². The van der Waals surface area contributed by atoms with Crippen LogP contribution in [0.4, 0.5) is 0 Å². The molecule has 1 saturated heterocycles. The van der Waals surface area contributed by atoms with E-state index in [-0.39, 0.29) is 18.1 Å². The van der Waals surface area contributed by atoms with E-state index in [1.165, 1.54) is 0 Å². The highest BCUT2D eigenvalue weighted by Crippen LogP contribution is 2.35. The van der Waals surface area contributed by atoms with Crippen LogP contribution < -0.4 is 0 Å². The van der Waals surface area contributed by atoms with Crippen LogP contribution in [-0.4, -0.2) is 49.9 Å². The highest BCUT2D eigenvalue weighted by molar-refractivity contribution is 5.94. The van der Waals surface area contributed by atoms with Crippen LogP contribution in [0.25, 0.3) is 0 Å². The molecule has 0 saturated carbocycles. The van der Waals surface area contributed by atoms with Crippen LogP contribution in [0.2, 0.25) is 0 Å². The van der Waals surface area contributed by atoms with Gasteiger partial charge in [-0.05, 0) is 25.0 Å². The summed E-state index contributed by atoms with van der Waals surface area (Å²) in [6.07, 6.45) is 4.80. The van der Waals surface area contributed by atoms with Gasteiger partial charge in [-0.2, -0.15) is 0 Å². The minimum absolute atomic E-state index is 0.0360. The van der Waals surface area contributed by atoms with Crippen molar-refractivity contribution in [2.24, 2.45) is 7.05 Å². The summed E-state index contributed by atoms with van der Waals surface area (Å²) in [5.41, 5.74) is 1.73. The van der Waals surface area contributed by atoms with Gasteiger partial charge in [-0.15, -0.1) is 10.2 Å². The van der Waals surface area contributed by atoms with E-state index in [0.29, 0.717) is 6.54 Å². The Labute approximate surface area is 141 Å². The maximum Gasteiger partial charge on any atom is 0.271 e. The number of fused-ring (bicyclic) bond motifs is 1. The maximum atomic E-state index is 13.2. The van der Waals surface area contributed by atoms with Gasteiger partial charge in [-0.25, -0.2) is 0 Å². The van der Waals surface area contributed by atoms with Crippen LogP contribution in [0.5, 0.6) is 0 Å². The fourth-order valence-corrected chi connectivity index (χ4v) is 3.97. The van der Waals surface area contributed by atoms with E-state index >= 15 is 0 Å². The Bertz CT molecular complexity index is 759. The first-order valence-electron chi connectivity index (χ1n) is 8.47. The van der Waals surface area contributed by atoms with Gasteiger partial charge in [0.25, 0.3) is 5.91 Å². The predicted octanol–water partition coefficient (Wildman–Crippen LogP) is 1.47. The predicted molar refractivity (Wildman–Crippen MR) is 87.7 cm³/mol. The molecule has 0 aliphatic carbocycles. The molecule has 0 spiro atoms. The Hall–Kier alpha value is -2.15. The zero-order chi connectivity index (χ0) is 16.8. The average molecular weight is 329 g/mol. The SMILES string of the molecule is CO[C@@H]1C[C@@H](c2nnc3n2CCC3)N(C(=O)c2c(C)ccn2C)C1. The topological polar surface area (TPSA) is 65.2 Å². The number of carbonyl (C=O) groups is 1. The molecule has 2 aliphatic rings. The van der Waals surface area contributed by atoms with Gasteiger partial charge in [0, 0.05) is 46.3 Å². The van der Waals surface area contributed by atoms with Crippen molar-refractivity contribution in [1.29, 1.82) is 0 Å². The van der Waals surface area contributed by atoms with Gasteiger partial charge >= 0.3 is 0 Å². The van der Waals surface area contributed by atoms with E-state index in [2.05, 4.69) is 14.8 Å². The number of ether oxygens (including phenoxy) is 1. The quantitative estimate of drug-likeness (QED) is 0.855. The molecule has 4 heterocycles. The molecule has 7 nitrogen and oxygen atoms in total. The number of rotatable bonds is 3. The van der Waals surface area contributed by atoms with Gasteiger partial charge in [-0.1, -0.05) is 0 Å². The van der Waals surface area contributed by atoms with Gasteiger partial charge in [-0.3, -0.25) is 4.79 Å². The van der Waals surface area contributed by atoms with E-state index < -0.39 is 0 Å². The van der Waals surface area contributed by atoms with Crippen LogP contribution in [0.15, 0.2) is 12.3 Å². The minimum Gasteiger partial charge on any atom is -0.380 e. The highest BCUT2D eigenvalue weighted by atomic mass is 16.5. The normalized spacial score (nSPS) is 23.0. The molecular weight excluding hydrogens is 306 g/mol. The monoisotopic (exact) mass is 329 g/mol. The lowest BCUT2D eigenvalue weighted by Gasteiger charge is -2.24. The largest absolute Gasteiger partial charge is 0.380 e. The number of aryl methyl sites for hydroxylation is 3. The Kier molecular flexibility index (Phi) is 3.68. The molecule has 2 aromatic heterocycles. The van der Waals surface area contributed by atoms with Crippen molar-refractivity contribution < 1.29 is 9.53 Å². The van der Waals surface area contributed by atoms with E-state index in [1.807, 2.05) is 35.7 Å². The molecule has 0 N–H and O–H groups in total. The van der Waals surface area contributed by atoms with E-state index in [0.717, 1.165) is 48.7 Å². The van der Waals surface area contributed by atoms with Gasteiger partial charge in [0.1, 0.15) is 11.5 Å². The molecule has 128 valence electrons. The number of methoxy groups -OCH3 is 1. The van der Waals surface area contributed by atoms with Crippen LogP contribution in [0.3, 0.4) is 0 Å². The van der Waals surface area contributed by atoms with Crippen molar-refractivity contribution >= 4 is 5.91 Å². The van der Waals surface area contributed by atoms with Crippen molar-refractivity contribution in [3.63, 3.8) is 0 Å². The number of likely N-dealkylation sites (tertiary alicyclic amines) is 1. The van der Waals surface area contributed by atoms with Crippen molar-refractivity contribution in [3.8, 4) is 0 Å². The molecule has 1 fully saturated rings. The Morgan fingerprint density at radius 1 is 1.38 bits per heavy atom. The Morgan fingerprint density at radius 2 is 2.21 bits per heavy atom. The second-order valence-electron chi connectivity index (χ2n) is 6.75. The summed E-state index contributed by atoms with van der Waals surface area (Å²) in [5, 5.41) is 8.72. The second-order valence-corrected chi connectivity index (χ2v) is 6.75. The summed E-state index contributed by atoms with van der Waals surface area (Å²) in [6, 6.07) is 1.90. The van der Waals surface area contributed by atoms with Crippen LogP contribution >= 0.6 is 0 Å². The molecule has 2 aliphatic heterocycles. The number of amides is 1. The highest BCUT2D eigenvalue weighted by Gasteiger charge is 2.41. The van der Waals surface area contributed by atoms with Crippen LogP contribution in [-0.2, 0) is 24.8 Å². The van der Waals surface area contributed by atoms with Crippen LogP contribution in [0, 0.1) is 6.92 Å². The molecule has 2 aromatic rings. The Balaban J connectivity index is 1.70. The summed E-state index contributed by atoms with van der Waals surface area (Å²) in [5.74, 6) is 1.98. The molecule has 2 atom stereocenters. The van der Waals surface area contributed by atoms with Crippen LogP contribution in [0.1, 0.15) is 46.6 Å². The van der Waals surface area contributed by atoms with E-state index in [9.17, 15) is 4.79 Å².